The Balaban J connectivity index is 3.36. The molecule has 0 atom stereocenters. The van der Waals surface area contributed by atoms with E-state index < -0.39 is 6.03 Å². The van der Waals surface area contributed by atoms with Gasteiger partial charge in [0.15, 0.2) is 0 Å². The number of anilines is 1. The summed E-state index contributed by atoms with van der Waals surface area (Å²) in [5.74, 6) is 0.0926. The van der Waals surface area contributed by atoms with Crippen LogP contribution in [0.3, 0.4) is 0 Å². The number of nitrogens with one attached hydrogen (secondary N) is 1. The number of amides is 1. The molecule has 1 rings (SSSR count). The first-order valence-electron chi connectivity index (χ1n) is 3.47. The van der Waals surface area contributed by atoms with E-state index in [4.69, 9.17) is 11.5 Å². The fourth-order valence-corrected chi connectivity index (χ4v) is 0.996. The molecular weight excluding hydrogens is 160 g/mol. The highest BCUT2D eigenvalue weighted by atomic mass is 16.2. The van der Waals surface area contributed by atoms with Crippen molar-refractivity contribution in [2.75, 3.05) is 5.73 Å². The standard InChI is InChI=1S/C6H10N4O2/c1-2-3-4(7)10(6(8)12)9-5(3)11/h2,7H2,1H3,(H2,8,12)(H,9,11). The molecule has 0 aliphatic carbocycles. The number of nitrogen functional groups attached to an aromatic ring is 1. The average Bonchev–Trinajstić information content (AvgIpc) is 2.27. The first-order chi connectivity index (χ1) is 5.57. The highest BCUT2D eigenvalue weighted by molar-refractivity contribution is 5.77. The molecule has 1 amide bonds. The van der Waals surface area contributed by atoms with Crippen LogP contribution >= 0.6 is 0 Å². The Labute approximate surface area is 68.1 Å². The van der Waals surface area contributed by atoms with Crippen molar-refractivity contribution in [3.05, 3.63) is 15.9 Å². The molecule has 1 aromatic heterocycles. The van der Waals surface area contributed by atoms with Crippen LogP contribution in [0.1, 0.15) is 12.5 Å². The number of nitrogens with two attached hydrogens (primary N) is 2. The molecule has 1 aromatic rings. The Morgan fingerprint density at radius 3 is 2.50 bits per heavy atom. The van der Waals surface area contributed by atoms with E-state index in [9.17, 15) is 9.59 Å². The molecule has 6 heteroatoms. The van der Waals surface area contributed by atoms with Gasteiger partial charge in [-0.25, -0.2) is 4.79 Å². The van der Waals surface area contributed by atoms with Crippen LogP contribution in [0.25, 0.3) is 0 Å². The molecule has 12 heavy (non-hydrogen) atoms. The molecule has 1 heterocycles. The maximum atomic E-state index is 11.0. The van der Waals surface area contributed by atoms with Gasteiger partial charge in [0.1, 0.15) is 5.82 Å². The second-order valence-electron chi connectivity index (χ2n) is 2.33. The second-order valence-corrected chi connectivity index (χ2v) is 2.33. The van der Waals surface area contributed by atoms with Crippen molar-refractivity contribution in [2.24, 2.45) is 5.73 Å². The van der Waals surface area contributed by atoms with Crippen molar-refractivity contribution in [3.63, 3.8) is 0 Å². The zero-order chi connectivity index (χ0) is 9.30. The third-order valence-electron chi connectivity index (χ3n) is 1.61. The summed E-state index contributed by atoms with van der Waals surface area (Å²) in [6.45, 7) is 1.77. The SMILES string of the molecule is CCc1c(N)n(C(N)=O)[nH]c1=O. The predicted octanol–water partition coefficient (Wildman–Crippen LogP) is -0.752. The highest BCUT2D eigenvalue weighted by Gasteiger charge is 2.12. The molecule has 0 saturated heterocycles. The zero-order valence-electron chi connectivity index (χ0n) is 6.63. The molecule has 0 saturated carbocycles. The maximum absolute atomic E-state index is 11.0. The van der Waals surface area contributed by atoms with E-state index in [0.29, 0.717) is 12.0 Å². The largest absolute Gasteiger partial charge is 0.383 e. The molecule has 0 aliphatic heterocycles. The Kier molecular flexibility index (Phi) is 1.90. The summed E-state index contributed by atoms with van der Waals surface area (Å²) >= 11 is 0. The summed E-state index contributed by atoms with van der Waals surface area (Å²) in [6, 6.07) is -0.788. The number of hydrogen-bond acceptors (Lipinski definition) is 3. The second kappa shape index (κ2) is 2.72. The van der Waals surface area contributed by atoms with Gasteiger partial charge in [-0.1, -0.05) is 6.92 Å². The van der Waals surface area contributed by atoms with Crippen LogP contribution in [-0.2, 0) is 6.42 Å². The lowest BCUT2D eigenvalue weighted by Crippen LogP contribution is -2.23. The van der Waals surface area contributed by atoms with Gasteiger partial charge in [0, 0.05) is 0 Å². The van der Waals surface area contributed by atoms with E-state index in [2.05, 4.69) is 5.10 Å². The highest BCUT2D eigenvalue weighted by Crippen LogP contribution is 2.04. The number of rotatable bonds is 1. The molecule has 6 nitrogen and oxygen atoms in total. The minimum absolute atomic E-state index is 0.0926. The molecule has 0 bridgehead atoms. The van der Waals surface area contributed by atoms with Crippen LogP contribution in [0.5, 0.6) is 0 Å². The number of nitrogens with zero attached hydrogens (tertiary/aromatic N) is 1. The van der Waals surface area contributed by atoms with E-state index in [1.807, 2.05) is 0 Å². The van der Waals surface area contributed by atoms with Crippen LogP contribution < -0.4 is 17.0 Å². The van der Waals surface area contributed by atoms with E-state index in [-0.39, 0.29) is 11.4 Å². The fraction of sp³-hybridized carbons (Fsp3) is 0.333. The lowest BCUT2D eigenvalue weighted by Gasteiger charge is -1.97. The summed E-state index contributed by atoms with van der Waals surface area (Å²) < 4.78 is 0.834. The van der Waals surface area contributed by atoms with Crippen LogP contribution in [0.15, 0.2) is 4.79 Å². The maximum Gasteiger partial charge on any atom is 0.339 e. The van der Waals surface area contributed by atoms with Crippen molar-refractivity contribution in [1.82, 2.24) is 9.78 Å². The van der Waals surface area contributed by atoms with Gasteiger partial charge < -0.3 is 11.5 Å². The van der Waals surface area contributed by atoms with E-state index in [0.717, 1.165) is 4.68 Å². The third kappa shape index (κ3) is 1.07. The van der Waals surface area contributed by atoms with E-state index >= 15 is 0 Å². The first kappa shape index (κ1) is 8.38. The van der Waals surface area contributed by atoms with Crippen LogP contribution in [-0.4, -0.2) is 15.8 Å². The normalized spacial score (nSPS) is 10.1. The van der Waals surface area contributed by atoms with E-state index in [1.54, 1.807) is 6.92 Å². The summed E-state index contributed by atoms with van der Waals surface area (Å²) in [7, 11) is 0. The molecule has 0 unspecified atom stereocenters. The average molecular weight is 170 g/mol. The molecule has 0 aromatic carbocycles. The minimum atomic E-state index is -0.788. The number of hydrogen-bond donors (Lipinski definition) is 3. The number of aromatic amines is 1. The smallest absolute Gasteiger partial charge is 0.339 e. The summed E-state index contributed by atoms with van der Waals surface area (Å²) in [5, 5.41) is 2.22. The monoisotopic (exact) mass is 170 g/mol. The topological polar surface area (TPSA) is 107 Å². The van der Waals surface area contributed by atoms with Crippen molar-refractivity contribution in [1.29, 1.82) is 0 Å². The van der Waals surface area contributed by atoms with Crippen molar-refractivity contribution in [3.8, 4) is 0 Å². The quantitative estimate of drug-likeness (QED) is 0.516. The first-order valence-corrected chi connectivity index (χ1v) is 3.47. The van der Waals surface area contributed by atoms with Crippen LogP contribution in [0.4, 0.5) is 10.6 Å². The van der Waals surface area contributed by atoms with Gasteiger partial charge >= 0.3 is 6.03 Å². The minimum Gasteiger partial charge on any atom is -0.383 e. The fourth-order valence-electron chi connectivity index (χ4n) is 0.996. The van der Waals surface area contributed by atoms with Crippen molar-refractivity contribution in [2.45, 2.75) is 13.3 Å². The Morgan fingerprint density at radius 2 is 2.25 bits per heavy atom. The molecule has 5 N–H and O–H groups in total. The Morgan fingerprint density at radius 1 is 1.67 bits per heavy atom. The van der Waals surface area contributed by atoms with Gasteiger partial charge in [0.2, 0.25) is 0 Å². The van der Waals surface area contributed by atoms with Gasteiger partial charge in [-0.05, 0) is 6.42 Å². The number of primary amides is 1. The zero-order valence-corrected chi connectivity index (χ0v) is 6.63. The molecular formula is C6H10N4O2. The van der Waals surface area contributed by atoms with Crippen LogP contribution in [0.2, 0.25) is 0 Å². The van der Waals surface area contributed by atoms with Gasteiger partial charge in [-0.3, -0.25) is 9.89 Å². The van der Waals surface area contributed by atoms with E-state index in [1.165, 1.54) is 0 Å². The summed E-state index contributed by atoms with van der Waals surface area (Å²) in [5.41, 5.74) is 10.4. The number of carbonyl (C=O) groups excluding carboxylic acids is 1. The Hall–Kier alpha value is -1.72. The predicted molar refractivity (Wildman–Crippen MR) is 43.8 cm³/mol. The van der Waals surface area contributed by atoms with Gasteiger partial charge in [0.25, 0.3) is 5.56 Å². The van der Waals surface area contributed by atoms with Gasteiger partial charge in [-0.2, -0.15) is 4.68 Å². The molecule has 0 aliphatic rings. The number of carbonyl (C=O) groups is 1. The molecule has 0 spiro atoms. The van der Waals surface area contributed by atoms with Crippen molar-refractivity contribution >= 4 is 11.8 Å². The van der Waals surface area contributed by atoms with Crippen molar-refractivity contribution < 1.29 is 4.79 Å². The summed E-state index contributed by atoms with van der Waals surface area (Å²) in [6.07, 6.45) is 0.474. The van der Waals surface area contributed by atoms with Gasteiger partial charge in [0.05, 0.1) is 5.56 Å². The van der Waals surface area contributed by atoms with Gasteiger partial charge in [-0.15, -0.1) is 0 Å². The number of H-pyrrole nitrogens is 1. The summed E-state index contributed by atoms with van der Waals surface area (Å²) in [4.78, 5) is 21.7. The molecule has 0 radical (unpaired) electrons. The Bertz CT molecular complexity index is 362. The lowest BCUT2D eigenvalue weighted by atomic mass is 10.2. The molecule has 0 fully saturated rings. The molecule has 66 valence electrons. The number of aromatic nitrogens is 2. The van der Waals surface area contributed by atoms with Crippen LogP contribution in [0, 0.1) is 0 Å². The lowest BCUT2D eigenvalue weighted by molar-refractivity contribution is 0.248. The third-order valence-corrected chi connectivity index (χ3v) is 1.61.